The molecule has 30 heavy (non-hydrogen) atoms. The zero-order chi connectivity index (χ0) is 21.1. The van der Waals surface area contributed by atoms with Gasteiger partial charge in [-0.2, -0.15) is 0 Å². The maximum atomic E-state index is 12.4. The fraction of sp³-hybridized carbons (Fsp3) is 0.391. The van der Waals surface area contributed by atoms with Crippen LogP contribution in [0.25, 0.3) is 0 Å². The number of piperidine rings is 1. The lowest BCUT2D eigenvalue weighted by molar-refractivity contribution is -0.164. The molecule has 0 aliphatic carbocycles. The zero-order valence-corrected chi connectivity index (χ0v) is 16.4. The van der Waals surface area contributed by atoms with Crippen molar-refractivity contribution in [2.45, 2.75) is 55.8 Å². The minimum absolute atomic E-state index is 0.140. The van der Waals surface area contributed by atoms with Crippen LogP contribution < -0.4 is 5.32 Å². The molecule has 2 bridgehead atoms. The predicted molar refractivity (Wildman–Crippen MR) is 108 cm³/mol. The molecule has 0 unspecified atom stereocenters. The summed E-state index contributed by atoms with van der Waals surface area (Å²) in [5.74, 6) is -1.18. The molecule has 2 aromatic rings. The molecular formula is C23H25NO6. The number of nitrogens with one attached hydrogen (secondary N) is 1. The summed E-state index contributed by atoms with van der Waals surface area (Å²) in [6, 6.07) is 17.2. The second-order valence-corrected chi connectivity index (χ2v) is 7.84. The van der Waals surface area contributed by atoms with Gasteiger partial charge in [0.2, 0.25) is 0 Å². The van der Waals surface area contributed by atoms with E-state index in [0.29, 0.717) is 18.4 Å². The van der Waals surface area contributed by atoms with E-state index >= 15 is 0 Å². The van der Waals surface area contributed by atoms with E-state index in [0.717, 1.165) is 5.56 Å². The van der Waals surface area contributed by atoms with Gasteiger partial charge < -0.3 is 25.0 Å². The van der Waals surface area contributed by atoms with E-state index in [1.54, 1.807) is 24.3 Å². The lowest BCUT2D eigenvalue weighted by Crippen LogP contribution is -2.45. The van der Waals surface area contributed by atoms with E-state index in [1.807, 2.05) is 36.4 Å². The number of aliphatic hydroxyl groups is 2. The van der Waals surface area contributed by atoms with Crippen molar-refractivity contribution in [2.24, 2.45) is 0 Å². The predicted octanol–water partition coefficient (Wildman–Crippen LogP) is 1.22. The van der Waals surface area contributed by atoms with Gasteiger partial charge in [0.25, 0.3) is 0 Å². The molecule has 0 radical (unpaired) electrons. The van der Waals surface area contributed by atoms with Gasteiger partial charge in [-0.05, 0) is 17.7 Å². The number of rotatable bonds is 6. The molecule has 7 heteroatoms. The molecule has 0 saturated carbocycles. The largest absolute Gasteiger partial charge is 0.459 e. The number of fused-ring (bicyclic) bond motifs is 2. The Morgan fingerprint density at radius 1 is 0.967 bits per heavy atom. The van der Waals surface area contributed by atoms with Gasteiger partial charge in [0, 0.05) is 25.3 Å². The van der Waals surface area contributed by atoms with E-state index in [4.69, 9.17) is 9.47 Å². The van der Waals surface area contributed by atoms with Crippen LogP contribution in [0.5, 0.6) is 0 Å². The minimum Gasteiger partial charge on any atom is -0.459 e. The second kappa shape index (κ2) is 8.95. The Hall–Kier alpha value is -2.74. The molecule has 2 saturated heterocycles. The van der Waals surface area contributed by atoms with Gasteiger partial charge >= 0.3 is 11.9 Å². The molecule has 2 aliphatic rings. The quantitative estimate of drug-likeness (QED) is 0.614. The number of carbonyl (C=O) groups is 2. The van der Waals surface area contributed by atoms with Gasteiger partial charge in [-0.25, -0.2) is 9.59 Å². The Morgan fingerprint density at radius 3 is 2.30 bits per heavy atom. The van der Waals surface area contributed by atoms with Crippen molar-refractivity contribution in [1.82, 2.24) is 5.32 Å². The normalized spacial score (nSPS) is 28.5. The van der Waals surface area contributed by atoms with Gasteiger partial charge in [0.15, 0.2) is 6.10 Å². The van der Waals surface area contributed by atoms with Gasteiger partial charge in [-0.15, -0.1) is 0 Å². The third-order valence-corrected chi connectivity index (χ3v) is 5.69. The smallest absolute Gasteiger partial charge is 0.338 e. The van der Waals surface area contributed by atoms with Crippen LogP contribution in [-0.2, 0) is 20.7 Å². The monoisotopic (exact) mass is 411 g/mol. The zero-order valence-electron chi connectivity index (χ0n) is 16.4. The maximum absolute atomic E-state index is 12.4. The maximum Gasteiger partial charge on any atom is 0.338 e. The van der Waals surface area contributed by atoms with Crippen LogP contribution >= 0.6 is 0 Å². The Kier molecular flexibility index (Phi) is 6.13. The summed E-state index contributed by atoms with van der Waals surface area (Å²) in [5, 5.41) is 24.0. The van der Waals surface area contributed by atoms with Crippen molar-refractivity contribution in [3.8, 4) is 0 Å². The minimum atomic E-state index is -1.31. The molecule has 6 atom stereocenters. The number of carbonyl (C=O) groups excluding carboxylic acids is 2. The average molecular weight is 411 g/mol. The fourth-order valence-electron chi connectivity index (χ4n) is 4.18. The molecule has 2 aromatic carbocycles. The Balaban J connectivity index is 1.34. The summed E-state index contributed by atoms with van der Waals surface area (Å²) in [7, 11) is 0. The summed E-state index contributed by atoms with van der Waals surface area (Å²) in [5.41, 5.74) is 1.29. The van der Waals surface area contributed by atoms with Gasteiger partial charge in [-0.3, -0.25) is 0 Å². The number of hydrogen-bond acceptors (Lipinski definition) is 7. The van der Waals surface area contributed by atoms with Crippen LogP contribution in [0.15, 0.2) is 60.7 Å². The first-order chi connectivity index (χ1) is 14.5. The number of esters is 2. The van der Waals surface area contributed by atoms with Crippen LogP contribution in [0.3, 0.4) is 0 Å². The first-order valence-corrected chi connectivity index (χ1v) is 10.1. The highest BCUT2D eigenvalue weighted by molar-refractivity contribution is 5.89. The molecule has 158 valence electrons. The summed E-state index contributed by atoms with van der Waals surface area (Å²) < 4.78 is 11.1. The first kappa shape index (κ1) is 20.5. The number of hydrogen-bond donors (Lipinski definition) is 3. The molecular weight excluding hydrogens is 386 g/mol. The van der Waals surface area contributed by atoms with Crippen LogP contribution in [0, 0.1) is 0 Å². The fourth-order valence-corrected chi connectivity index (χ4v) is 4.18. The second-order valence-electron chi connectivity index (χ2n) is 7.84. The van der Waals surface area contributed by atoms with E-state index < -0.39 is 30.3 Å². The average Bonchev–Trinajstić information content (AvgIpc) is 2.98. The van der Waals surface area contributed by atoms with Crippen molar-refractivity contribution in [1.29, 1.82) is 0 Å². The number of ether oxygens (including phenoxy) is 2. The van der Waals surface area contributed by atoms with Crippen molar-refractivity contribution in [2.75, 3.05) is 0 Å². The standard InChI is InChI=1S/C23H25NO6/c25-19(11-14-7-3-1-4-8-14)23(28)30-21-18-13-16(12-17(24-18)20(21)26)29-22(27)15-9-5-2-6-10-15/h1-10,16-21,24-26H,11-13H2/t16-,17-,18+,19+,20-,21+/m1/s1. The van der Waals surface area contributed by atoms with Gasteiger partial charge in [-0.1, -0.05) is 48.5 Å². The van der Waals surface area contributed by atoms with E-state index in [-0.39, 0.29) is 24.6 Å². The summed E-state index contributed by atoms with van der Waals surface area (Å²) in [6.45, 7) is 0. The van der Waals surface area contributed by atoms with Gasteiger partial charge in [0.05, 0.1) is 11.6 Å². The van der Waals surface area contributed by atoms with Crippen LogP contribution in [0.4, 0.5) is 0 Å². The van der Waals surface area contributed by atoms with Crippen molar-refractivity contribution in [3.63, 3.8) is 0 Å². The Morgan fingerprint density at radius 2 is 1.60 bits per heavy atom. The molecule has 7 nitrogen and oxygen atoms in total. The Labute approximate surface area is 174 Å². The van der Waals surface area contributed by atoms with E-state index in [9.17, 15) is 19.8 Å². The molecule has 2 aliphatic heterocycles. The summed E-state index contributed by atoms with van der Waals surface area (Å²) in [6.07, 6.45) is -2.44. The van der Waals surface area contributed by atoms with Crippen molar-refractivity contribution < 1.29 is 29.3 Å². The number of aliphatic hydroxyl groups excluding tert-OH is 2. The van der Waals surface area contributed by atoms with Crippen molar-refractivity contribution in [3.05, 3.63) is 71.8 Å². The van der Waals surface area contributed by atoms with Crippen LogP contribution in [-0.4, -0.2) is 58.7 Å². The van der Waals surface area contributed by atoms with E-state index in [2.05, 4.69) is 5.32 Å². The third kappa shape index (κ3) is 4.53. The molecule has 0 amide bonds. The highest BCUT2D eigenvalue weighted by Gasteiger charge is 2.50. The SMILES string of the molecule is O=C(O[C@H]1C[C@@H]2N[C@H](C1)[C@@H](O)[C@H]2OC(=O)[C@@H](O)Cc1ccccc1)c1ccccc1. The molecule has 0 spiro atoms. The Bertz CT molecular complexity index is 874. The van der Waals surface area contributed by atoms with E-state index in [1.165, 1.54) is 0 Å². The summed E-state index contributed by atoms with van der Waals surface area (Å²) >= 11 is 0. The highest BCUT2D eigenvalue weighted by Crippen LogP contribution is 2.32. The van der Waals surface area contributed by atoms with Crippen molar-refractivity contribution >= 4 is 11.9 Å². The van der Waals surface area contributed by atoms with Crippen LogP contribution in [0.2, 0.25) is 0 Å². The lowest BCUT2D eigenvalue weighted by atomic mass is 10.0. The topological polar surface area (TPSA) is 105 Å². The molecule has 4 rings (SSSR count). The lowest BCUT2D eigenvalue weighted by Gasteiger charge is -2.29. The third-order valence-electron chi connectivity index (χ3n) is 5.69. The molecule has 2 fully saturated rings. The molecule has 0 aromatic heterocycles. The highest BCUT2D eigenvalue weighted by atomic mass is 16.6. The van der Waals surface area contributed by atoms with Crippen LogP contribution in [0.1, 0.15) is 28.8 Å². The van der Waals surface area contributed by atoms with Gasteiger partial charge in [0.1, 0.15) is 18.3 Å². The molecule has 3 N–H and O–H groups in total. The summed E-state index contributed by atoms with van der Waals surface area (Å²) in [4.78, 5) is 24.7. The first-order valence-electron chi connectivity index (χ1n) is 10.1. The number of benzene rings is 2. The molecule has 2 heterocycles.